The molecular weight excluding hydrogens is 404 g/mol. The largest absolute Gasteiger partial charge is 0.389 e. The van der Waals surface area contributed by atoms with Crippen LogP contribution in [0.25, 0.3) is 11.0 Å². The van der Waals surface area contributed by atoms with Crippen LogP contribution in [0.1, 0.15) is 37.9 Å². The number of benzene rings is 1. The third-order valence-corrected chi connectivity index (χ3v) is 5.30. The molecule has 0 amide bonds. The van der Waals surface area contributed by atoms with Gasteiger partial charge < -0.3 is 10.0 Å². The Bertz CT molecular complexity index is 776. The molecule has 8 heteroatoms. The average Bonchev–Trinajstić information content (AvgIpc) is 3.00. The van der Waals surface area contributed by atoms with Crippen molar-refractivity contribution in [1.82, 2.24) is 4.98 Å². The van der Waals surface area contributed by atoms with Crippen molar-refractivity contribution in [3.8, 4) is 0 Å². The molecule has 0 aliphatic carbocycles. The van der Waals surface area contributed by atoms with E-state index in [1.165, 1.54) is 6.07 Å². The second kappa shape index (κ2) is 11.6. The second-order valence-electron chi connectivity index (χ2n) is 6.93. The Balaban J connectivity index is 2.05. The van der Waals surface area contributed by atoms with Gasteiger partial charge in [-0.05, 0) is 12.8 Å². The van der Waals surface area contributed by atoms with E-state index in [0.29, 0.717) is 36.8 Å². The third kappa shape index (κ3) is 6.06. The van der Waals surface area contributed by atoms with Crippen molar-refractivity contribution in [2.75, 3.05) is 36.4 Å². The van der Waals surface area contributed by atoms with Gasteiger partial charge in [-0.15, -0.1) is 23.2 Å². The summed E-state index contributed by atoms with van der Waals surface area (Å²) >= 11 is 11.7. The van der Waals surface area contributed by atoms with Crippen molar-refractivity contribution in [2.45, 2.75) is 38.5 Å². The highest BCUT2D eigenvalue weighted by Crippen LogP contribution is 2.24. The summed E-state index contributed by atoms with van der Waals surface area (Å²) in [5.74, 6) is 1.48. The van der Waals surface area contributed by atoms with E-state index in [2.05, 4.69) is 4.98 Å². The van der Waals surface area contributed by atoms with Gasteiger partial charge in [-0.25, -0.2) is 13.9 Å². The van der Waals surface area contributed by atoms with Crippen LogP contribution >= 0.6 is 23.2 Å². The first-order chi connectivity index (χ1) is 13.5. The van der Waals surface area contributed by atoms with E-state index in [0.717, 1.165) is 49.1 Å². The molecule has 156 valence electrons. The number of halogens is 3. The first kappa shape index (κ1) is 22.9. The zero-order valence-electron chi connectivity index (χ0n) is 16.3. The smallest absolute Gasteiger partial charge is 0.255 e. The number of nitrogens with zero attached hydrogens (tertiary/aromatic N) is 2. The van der Waals surface area contributed by atoms with Crippen LogP contribution in [-0.4, -0.2) is 47.3 Å². The highest BCUT2D eigenvalue weighted by atomic mass is 35.5. The Morgan fingerprint density at radius 3 is 2.50 bits per heavy atom. The second-order valence-corrected chi connectivity index (χ2v) is 7.68. The normalized spacial score (nSPS) is 11.3. The molecule has 1 heterocycles. The lowest BCUT2D eigenvalue weighted by molar-refractivity contribution is -0.652. The Hall–Kier alpha value is -1.37. The number of aromatic amines is 1. The average molecular weight is 433 g/mol. The summed E-state index contributed by atoms with van der Waals surface area (Å²) in [4.78, 5) is 16.3. The van der Waals surface area contributed by atoms with Crippen molar-refractivity contribution in [1.29, 1.82) is 0 Å². The van der Waals surface area contributed by atoms with Crippen molar-refractivity contribution < 1.29 is 18.9 Å². The van der Waals surface area contributed by atoms with E-state index < -0.39 is 0 Å². The van der Waals surface area contributed by atoms with Crippen molar-refractivity contribution >= 4 is 45.7 Å². The molecule has 0 saturated carbocycles. The molecule has 0 fully saturated rings. The number of H-pyrrole nitrogens is 1. The third-order valence-electron chi connectivity index (χ3n) is 4.96. The van der Waals surface area contributed by atoms with Gasteiger partial charge in [-0.3, -0.25) is 4.79 Å². The molecule has 2 aromatic rings. The topological polar surface area (TPSA) is 60.2 Å². The minimum absolute atomic E-state index is 0.106. The van der Waals surface area contributed by atoms with Crippen LogP contribution < -0.4 is 9.47 Å². The lowest BCUT2D eigenvalue weighted by Crippen LogP contribution is -2.32. The van der Waals surface area contributed by atoms with Gasteiger partial charge in [0.25, 0.3) is 5.82 Å². The van der Waals surface area contributed by atoms with Gasteiger partial charge in [0.1, 0.15) is 6.61 Å². The number of anilines is 1. The number of hydrogen-bond acceptors (Lipinski definition) is 3. The molecule has 1 aromatic carbocycles. The quantitative estimate of drug-likeness (QED) is 0.289. The molecule has 1 aromatic heterocycles. The molecule has 0 aliphatic heterocycles. The van der Waals surface area contributed by atoms with Crippen LogP contribution in [-0.2, 0) is 18.3 Å². The first-order valence-corrected chi connectivity index (χ1v) is 10.8. The number of ketones is 1. The number of imidazole rings is 1. The van der Waals surface area contributed by atoms with Gasteiger partial charge in [-0.1, -0.05) is 12.8 Å². The summed E-state index contributed by atoms with van der Waals surface area (Å²) in [6.45, 7) is 0.851. The Morgan fingerprint density at radius 2 is 1.86 bits per heavy atom. The van der Waals surface area contributed by atoms with Crippen LogP contribution in [0.15, 0.2) is 12.1 Å². The van der Waals surface area contributed by atoms with Crippen molar-refractivity contribution in [3.63, 3.8) is 0 Å². The monoisotopic (exact) mass is 432 g/mol. The predicted octanol–water partition coefficient (Wildman–Crippen LogP) is 3.47. The zero-order valence-corrected chi connectivity index (χ0v) is 17.8. The summed E-state index contributed by atoms with van der Waals surface area (Å²) in [6, 6.07) is 3.50. The van der Waals surface area contributed by atoms with Crippen LogP contribution in [0.5, 0.6) is 0 Å². The molecule has 28 heavy (non-hydrogen) atoms. The number of hydrogen-bond donors (Lipinski definition) is 2. The molecule has 0 spiro atoms. The Kier molecular flexibility index (Phi) is 9.48. The van der Waals surface area contributed by atoms with E-state index in [4.69, 9.17) is 28.3 Å². The van der Waals surface area contributed by atoms with Crippen molar-refractivity contribution in [3.05, 3.63) is 23.8 Å². The summed E-state index contributed by atoms with van der Waals surface area (Å²) in [5.41, 5.74) is 2.10. The molecule has 2 rings (SSSR count). The molecule has 0 saturated heterocycles. The predicted molar refractivity (Wildman–Crippen MR) is 112 cm³/mol. The fourth-order valence-electron chi connectivity index (χ4n) is 3.37. The molecule has 0 radical (unpaired) electrons. The van der Waals surface area contributed by atoms with Gasteiger partial charge in [0.05, 0.1) is 7.05 Å². The van der Waals surface area contributed by atoms with Gasteiger partial charge >= 0.3 is 0 Å². The van der Waals surface area contributed by atoms with Crippen LogP contribution in [0.2, 0.25) is 0 Å². The fourth-order valence-corrected chi connectivity index (χ4v) is 3.78. The standard InChI is InChI=1S/C20H28Cl2FN3O2/c1-25-18-13-15(26(10-8-21)11-9-22)12-17(23)20(18)24-19(25)7-5-3-2-4-6-16(28)14-27/h12-13,27H,2-11,14H2,1H3/p+1. The molecule has 2 N–H and O–H groups in total. The van der Waals surface area contributed by atoms with Crippen molar-refractivity contribution in [2.24, 2.45) is 7.05 Å². The van der Waals surface area contributed by atoms with Crippen LogP contribution in [0.3, 0.4) is 0 Å². The lowest BCUT2D eigenvalue weighted by Gasteiger charge is -2.22. The molecule has 0 atom stereocenters. The first-order valence-electron chi connectivity index (χ1n) is 9.71. The van der Waals surface area contributed by atoms with Gasteiger partial charge in [0, 0.05) is 55.5 Å². The fraction of sp³-hybridized carbons (Fsp3) is 0.600. The maximum absolute atomic E-state index is 14.7. The number of nitrogens with one attached hydrogen (secondary N) is 1. The molecule has 0 aliphatic rings. The highest BCUT2D eigenvalue weighted by Gasteiger charge is 2.21. The maximum atomic E-state index is 14.7. The Labute approximate surface area is 175 Å². The molecular formula is C20H29Cl2FN3O2+. The number of carbonyl (C=O) groups is 1. The summed E-state index contributed by atoms with van der Waals surface area (Å²) in [7, 11) is 1.94. The number of aliphatic hydroxyl groups is 1. The summed E-state index contributed by atoms with van der Waals surface area (Å²) < 4.78 is 16.7. The van der Waals surface area contributed by atoms with Gasteiger partial charge in [-0.2, -0.15) is 0 Å². The number of carbonyl (C=O) groups excluding carboxylic acids is 1. The summed E-state index contributed by atoms with van der Waals surface area (Å²) in [6.07, 6.45) is 4.92. The minimum Gasteiger partial charge on any atom is -0.389 e. The number of aryl methyl sites for hydroxylation is 2. The molecule has 5 nitrogen and oxygen atoms in total. The van der Waals surface area contributed by atoms with Crippen LogP contribution in [0, 0.1) is 5.82 Å². The van der Waals surface area contributed by atoms with E-state index in [-0.39, 0.29) is 18.2 Å². The van der Waals surface area contributed by atoms with Gasteiger partial charge in [0.15, 0.2) is 17.1 Å². The highest BCUT2D eigenvalue weighted by molar-refractivity contribution is 6.18. The number of Topliss-reactive ketones (excluding diaryl/α,β-unsaturated/α-hetero) is 1. The molecule has 0 unspecified atom stereocenters. The number of aliphatic hydroxyl groups excluding tert-OH is 1. The number of fused-ring (bicyclic) bond motifs is 1. The summed E-state index contributed by atoms with van der Waals surface area (Å²) in [5, 5.41) is 8.72. The Morgan fingerprint density at radius 1 is 1.18 bits per heavy atom. The zero-order chi connectivity index (χ0) is 20.5. The number of alkyl halides is 2. The lowest BCUT2D eigenvalue weighted by atomic mass is 10.1. The maximum Gasteiger partial charge on any atom is 0.255 e. The number of unbranched alkanes of at least 4 members (excludes halogenated alkanes) is 3. The number of rotatable bonds is 13. The number of aromatic nitrogens is 2. The van der Waals surface area contributed by atoms with E-state index in [9.17, 15) is 9.18 Å². The van der Waals surface area contributed by atoms with Gasteiger partial charge in [0.2, 0.25) is 5.52 Å². The van der Waals surface area contributed by atoms with E-state index >= 15 is 0 Å². The van der Waals surface area contributed by atoms with E-state index in [1.54, 1.807) is 0 Å². The minimum atomic E-state index is -0.369. The van der Waals surface area contributed by atoms with E-state index in [1.807, 2.05) is 22.6 Å². The van der Waals surface area contributed by atoms with Crippen LogP contribution in [0.4, 0.5) is 10.1 Å². The SMILES string of the molecule is C[n+]1c(CCCCCCC(=O)CO)[nH]c2c(F)cc(N(CCCl)CCCl)cc21. The molecule has 0 bridgehead atoms.